The number of rotatable bonds is 2. The van der Waals surface area contributed by atoms with Crippen LogP contribution in [0.2, 0.25) is 0 Å². The van der Waals surface area contributed by atoms with E-state index in [2.05, 4.69) is 19.4 Å². The van der Waals surface area contributed by atoms with Crippen LogP contribution in [0.1, 0.15) is 5.69 Å². The lowest BCUT2D eigenvalue weighted by Crippen LogP contribution is -1.96. The van der Waals surface area contributed by atoms with Crippen LogP contribution < -0.4 is 4.52 Å². The van der Waals surface area contributed by atoms with Crippen LogP contribution in [0.4, 0.5) is 0 Å². The molecule has 1 heterocycles. The van der Waals surface area contributed by atoms with Crippen molar-refractivity contribution in [3.05, 3.63) is 30.0 Å². The quantitative estimate of drug-likeness (QED) is 0.755. The van der Waals surface area contributed by atoms with Crippen molar-refractivity contribution in [2.24, 2.45) is 0 Å². The van der Waals surface area contributed by atoms with Gasteiger partial charge in [0.2, 0.25) is 5.88 Å². The van der Waals surface area contributed by atoms with Gasteiger partial charge in [0.15, 0.2) is 0 Å². The molecule has 0 amide bonds. The molecule has 1 atom stereocenters. The van der Waals surface area contributed by atoms with Gasteiger partial charge in [-0.2, -0.15) is 0 Å². The van der Waals surface area contributed by atoms with Crippen LogP contribution in [-0.2, 0) is 6.61 Å². The zero-order chi connectivity index (χ0) is 9.97. The number of hydrogen-bond acceptors (Lipinski definition) is 4. The van der Waals surface area contributed by atoms with Crippen LogP contribution in [0.5, 0.6) is 5.88 Å². The molecule has 0 aliphatic rings. The lowest BCUT2D eigenvalue weighted by Gasteiger charge is -2.05. The monoisotopic (exact) mass is 208 g/mol. The zero-order valence-electron chi connectivity index (χ0n) is 7.34. The molecule has 1 unspecified atom stereocenters. The Morgan fingerprint density at radius 2 is 1.86 bits per heavy atom. The molecule has 0 saturated heterocycles. The van der Waals surface area contributed by atoms with E-state index in [0.717, 1.165) is 11.0 Å². The standard InChI is InChI=1S/C9H9N2O2P/c12-5-8-9(13-14)11-7-4-2-1-3-6(7)10-8/h1-4,12H,5,14H2. The highest BCUT2D eigenvalue weighted by molar-refractivity contribution is 7.10. The molecule has 2 rings (SSSR count). The van der Waals surface area contributed by atoms with Crippen LogP contribution in [0, 0.1) is 0 Å². The predicted molar refractivity (Wildman–Crippen MR) is 55.8 cm³/mol. The minimum atomic E-state index is -0.179. The van der Waals surface area contributed by atoms with E-state index < -0.39 is 0 Å². The Balaban J connectivity index is 2.69. The Bertz CT molecular complexity index is 419. The number of hydrogen-bond donors (Lipinski definition) is 1. The summed E-state index contributed by atoms with van der Waals surface area (Å²) >= 11 is 0. The second kappa shape index (κ2) is 3.86. The van der Waals surface area contributed by atoms with Gasteiger partial charge in [-0.25, -0.2) is 9.97 Å². The number of aliphatic hydroxyl groups excluding tert-OH is 1. The molecular weight excluding hydrogens is 199 g/mol. The summed E-state index contributed by atoms with van der Waals surface area (Å²) in [6.45, 7) is -0.179. The smallest absolute Gasteiger partial charge is 0.240 e. The first-order valence-corrected chi connectivity index (χ1v) is 4.55. The molecule has 5 heteroatoms. The van der Waals surface area contributed by atoms with Gasteiger partial charge in [-0.15, -0.1) is 0 Å². The zero-order valence-corrected chi connectivity index (χ0v) is 8.50. The lowest BCUT2D eigenvalue weighted by molar-refractivity contribution is 0.273. The number of nitrogens with zero attached hydrogens (tertiary/aromatic N) is 2. The average molecular weight is 208 g/mol. The molecule has 0 aliphatic heterocycles. The van der Waals surface area contributed by atoms with Crippen molar-refractivity contribution in [2.75, 3.05) is 0 Å². The van der Waals surface area contributed by atoms with E-state index in [9.17, 15) is 0 Å². The molecule has 14 heavy (non-hydrogen) atoms. The number of aliphatic hydroxyl groups is 1. The number of benzene rings is 1. The Kier molecular flexibility index (Phi) is 2.57. The molecular formula is C9H9N2O2P. The van der Waals surface area contributed by atoms with Gasteiger partial charge in [-0.05, 0) is 12.1 Å². The van der Waals surface area contributed by atoms with E-state index in [1.807, 2.05) is 24.3 Å². The number of fused-ring (bicyclic) bond motifs is 1. The maximum atomic E-state index is 9.02. The third kappa shape index (κ3) is 1.54. The van der Waals surface area contributed by atoms with Gasteiger partial charge in [0.1, 0.15) is 5.69 Å². The van der Waals surface area contributed by atoms with Crippen molar-refractivity contribution in [1.82, 2.24) is 9.97 Å². The van der Waals surface area contributed by atoms with Gasteiger partial charge in [-0.3, -0.25) is 0 Å². The van der Waals surface area contributed by atoms with Crippen molar-refractivity contribution in [3.8, 4) is 5.88 Å². The van der Waals surface area contributed by atoms with Crippen LogP contribution >= 0.6 is 9.47 Å². The van der Waals surface area contributed by atoms with E-state index in [4.69, 9.17) is 9.63 Å². The molecule has 4 nitrogen and oxygen atoms in total. The second-order valence-electron chi connectivity index (χ2n) is 2.74. The molecule has 0 radical (unpaired) electrons. The van der Waals surface area contributed by atoms with Crippen molar-refractivity contribution >= 4 is 20.5 Å². The van der Waals surface area contributed by atoms with Gasteiger partial charge in [0.25, 0.3) is 0 Å². The van der Waals surface area contributed by atoms with Gasteiger partial charge < -0.3 is 9.63 Å². The summed E-state index contributed by atoms with van der Waals surface area (Å²) in [5.41, 5.74) is 1.95. The van der Waals surface area contributed by atoms with E-state index in [-0.39, 0.29) is 6.61 Å². The molecule has 72 valence electrons. The first kappa shape index (κ1) is 9.31. The minimum absolute atomic E-state index is 0.179. The van der Waals surface area contributed by atoms with Gasteiger partial charge in [0, 0.05) is 0 Å². The first-order valence-electron chi connectivity index (χ1n) is 4.08. The molecule has 0 aliphatic carbocycles. The maximum absolute atomic E-state index is 9.02. The van der Waals surface area contributed by atoms with E-state index in [0.29, 0.717) is 11.6 Å². The Morgan fingerprint density at radius 1 is 1.21 bits per heavy atom. The fourth-order valence-electron chi connectivity index (χ4n) is 1.22. The molecule has 0 spiro atoms. The maximum Gasteiger partial charge on any atom is 0.240 e. The first-order chi connectivity index (χ1) is 6.85. The van der Waals surface area contributed by atoms with Crippen molar-refractivity contribution in [3.63, 3.8) is 0 Å². The summed E-state index contributed by atoms with van der Waals surface area (Å²) in [4.78, 5) is 8.41. The van der Waals surface area contributed by atoms with Crippen LogP contribution in [0.15, 0.2) is 24.3 Å². The van der Waals surface area contributed by atoms with Crippen LogP contribution in [-0.4, -0.2) is 15.1 Å². The lowest BCUT2D eigenvalue weighted by atomic mass is 10.3. The van der Waals surface area contributed by atoms with Crippen molar-refractivity contribution < 1.29 is 9.63 Å². The Labute approximate surface area is 83.2 Å². The van der Waals surface area contributed by atoms with Crippen molar-refractivity contribution in [2.45, 2.75) is 6.61 Å². The average Bonchev–Trinajstić information content (AvgIpc) is 2.27. The summed E-state index contributed by atoms with van der Waals surface area (Å²) in [6.07, 6.45) is 0. The van der Waals surface area contributed by atoms with Crippen LogP contribution in [0.3, 0.4) is 0 Å². The van der Waals surface area contributed by atoms with Gasteiger partial charge >= 0.3 is 0 Å². The Morgan fingerprint density at radius 3 is 2.43 bits per heavy atom. The summed E-state index contributed by atoms with van der Waals surface area (Å²) in [6, 6.07) is 7.44. The van der Waals surface area contributed by atoms with E-state index >= 15 is 0 Å². The molecule has 2 aromatic rings. The fourth-order valence-corrected chi connectivity index (χ4v) is 1.41. The van der Waals surface area contributed by atoms with Crippen molar-refractivity contribution in [1.29, 1.82) is 0 Å². The highest BCUT2D eigenvalue weighted by Gasteiger charge is 2.07. The van der Waals surface area contributed by atoms with E-state index in [1.54, 1.807) is 0 Å². The Hall–Kier alpha value is -1.25. The molecule has 0 saturated carbocycles. The highest BCUT2D eigenvalue weighted by Crippen LogP contribution is 2.19. The summed E-state index contributed by atoms with van der Waals surface area (Å²) in [5, 5.41) is 9.02. The van der Waals surface area contributed by atoms with Gasteiger partial charge in [-0.1, -0.05) is 12.1 Å². The molecule has 1 aromatic carbocycles. The molecule has 0 bridgehead atoms. The summed E-state index contributed by atoms with van der Waals surface area (Å²) < 4.78 is 4.93. The van der Waals surface area contributed by atoms with E-state index in [1.165, 1.54) is 0 Å². The van der Waals surface area contributed by atoms with Gasteiger partial charge in [0.05, 0.1) is 27.1 Å². The number of para-hydroxylation sites is 2. The third-order valence-corrected chi connectivity index (χ3v) is 2.09. The molecule has 1 N–H and O–H groups in total. The molecule has 0 fully saturated rings. The largest absolute Gasteiger partial charge is 0.462 e. The SMILES string of the molecule is OCc1nc2ccccc2nc1OP. The fraction of sp³-hybridized carbons (Fsp3) is 0.111. The van der Waals surface area contributed by atoms with Crippen LogP contribution in [0.25, 0.3) is 11.0 Å². The number of aromatic nitrogens is 2. The second-order valence-corrected chi connectivity index (χ2v) is 2.98. The summed E-state index contributed by atoms with van der Waals surface area (Å²) in [7, 11) is 2.09. The normalized spacial score (nSPS) is 10.4. The molecule has 1 aromatic heterocycles. The third-order valence-electron chi connectivity index (χ3n) is 1.87. The highest BCUT2D eigenvalue weighted by atomic mass is 31.0. The predicted octanol–water partition coefficient (Wildman–Crippen LogP) is 1.29. The minimum Gasteiger partial charge on any atom is -0.462 e. The summed E-state index contributed by atoms with van der Waals surface area (Å²) in [5.74, 6) is 0.344. The topological polar surface area (TPSA) is 55.2 Å².